The third-order valence-corrected chi connectivity index (χ3v) is 3.62. The Morgan fingerprint density at radius 1 is 0.941 bits per heavy atom. The van der Waals surface area contributed by atoms with E-state index in [1.54, 1.807) is 6.26 Å². The molecule has 0 aliphatic heterocycles. The van der Waals surface area contributed by atoms with Gasteiger partial charge in [0.15, 0.2) is 0 Å². The minimum atomic E-state index is 1.04. The zero-order valence-electron chi connectivity index (χ0n) is 9.44. The van der Waals surface area contributed by atoms with Crippen LogP contribution in [0, 0.1) is 0 Å². The molecule has 0 saturated heterocycles. The number of aryl methyl sites for hydroxylation is 1. The summed E-state index contributed by atoms with van der Waals surface area (Å²) in [5.41, 5.74) is 3.75. The van der Waals surface area contributed by atoms with E-state index in [9.17, 15) is 0 Å². The maximum Gasteiger partial charge on any atom is 0.141 e. The van der Waals surface area contributed by atoms with Gasteiger partial charge in [-0.25, -0.2) is 0 Å². The van der Waals surface area contributed by atoms with Gasteiger partial charge < -0.3 is 4.42 Å². The molecule has 0 fully saturated rings. The number of rotatable bonds is 0. The molecule has 82 valence electrons. The second kappa shape index (κ2) is 3.24. The van der Waals surface area contributed by atoms with Crippen molar-refractivity contribution in [1.29, 1.82) is 0 Å². The highest BCUT2D eigenvalue weighted by molar-refractivity contribution is 6.11. The lowest BCUT2D eigenvalue weighted by Crippen LogP contribution is -1.96. The lowest BCUT2D eigenvalue weighted by molar-refractivity contribution is 0.614. The predicted octanol–water partition coefficient (Wildman–Crippen LogP) is 4.55. The summed E-state index contributed by atoms with van der Waals surface area (Å²) < 4.78 is 5.67. The van der Waals surface area contributed by atoms with Crippen molar-refractivity contribution >= 4 is 27.8 Å². The summed E-state index contributed by atoms with van der Waals surface area (Å²) >= 11 is 0. The largest absolute Gasteiger partial charge is 0.464 e. The van der Waals surface area contributed by atoms with Gasteiger partial charge in [0.05, 0.1) is 6.26 Å². The molecule has 0 amide bonds. The summed E-state index contributed by atoms with van der Waals surface area (Å²) in [4.78, 5) is 0. The van der Waals surface area contributed by atoms with Crippen molar-refractivity contribution in [2.45, 2.75) is 12.8 Å². The summed E-state index contributed by atoms with van der Waals surface area (Å²) in [6.07, 6.45) is 8.47. The number of fused-ring (bicyclic) bond motifs is 6. The summed E-state index contributed by atoms with van der Waals surface area (Å²) in [7, 11) is 0. The molecule has 0 saturated carbocycles. The van der Waals surface area contributed by atoms with E-state index in [1.165, 1.54) is 27.3 Å². The Morgan fingerprint density at radius 2 is 1.82 bits per heavy atom. The third-order valence-electron chi connectivity index (χ3n) is 3.62. The maximum absolute atomic E-state index is 5.67. The van der Waals surface area contributed by atoms with E-state index in [-0.39, 0.29) is 0 Å². The Kier molecular flexibility index (Phi) is 1.72. The van der Waals surface area contributed by atoms with Gasteiger partial charge in [0, 0.05) is 10.9 Å². The van der Waals surface area contributed by atoms with Crippen molar-refractivity contribution in [2.24, 2.45) is 0 Å². The van der Waals surface area contributed by atoms with Crippen LogP contribution in [0.3, 0.4) is 0 Å². The van der Waals surface area contributed by atoms with E-state index >= 15 is 0 Å². The molecule has 4 rings (SSSR count). The molecular weight excluding hydrogens is 208 g/mol. The fourth-order valence-corrected chi connectivity index (χ4v) is 2.87. The second-order valence-corrected chi connectivity index (χ2v) is 4.54. The van der Waals surface area contributed by atoms with Gasteiger partial charge in [-0.2, -0.15) is 0 Å². The van der Waals surface area contributed by atoms with Crippen LogP contribution in [-0.4, -0.2) is 0 Å². The topological polar surface area (TPSA) is 13.1 Å². The normalized spacial score (nSPS) is 14.4. The lowest BCUT2D eigenvalue weighted by atomic mass is 9.90. The molecule has 1 aliphatic rings. The quantitative estimate of drug-likeness (QED) is 0.542. The average Bonchev–Trinajstić information content (AvgIpc) is 2.89. The predicted molar refractivity (Wildman–Crippen MR) is 71.1 cm³/mol. The zero-order valence-corrected chi connectivity index (χ0v) is 9.44. The number of hydrogen-bond acceptors (Lipinski definition) is 1. The number of hydrogen-bond donors (Lipinski definition) is 0. The van der Waals surface area contributed by atoms with Crippen LogP contribution in [0.5, 0.6) is 0 Å². The first-order chi connectivity index (χ1) is 8.45. The molecule has 1 heteroatoms. The summed E-state index contributed by atoms with van der Waals surface area (Å²) in [5.74, 6) is 0. The van der Waals surface area contributed by atoms with Crippen LogP contribution in [0.25, 0.3) is 27.8 Å². The Labute approximate surface area is 99.4 Å². The van der Waals surface area contributed by atoms with Gasteiger partial charge in [-0.05, 0) is 35.2 Å². The number of furan rings is 1. The minimum absolute atomic E-state index is 1.04. The highest BCUT2D eigenvalue weighted by Gasteiger charge is 2.15. The van der Waals surface area contributed by atoms with Gasteiger partial charge >= 0.3 is 0 Å². The van der Waals surface area contributed by atoms with Gasteiger partial charge in [-0.1, -0.05) is 36.4 Å². The molecule has 0 bridgehead atoms. The Morgan fingerprint density at radius 3 is 2.76 bits per heavy atom. The Balaban J connectivity index is 2.33. The first-order valence-electron chi connectivity index (χ1n) is 6.02. The zero-order chi connectivity index (χ0) is 11.2. The lowest BCUT2D eigenvalue weighted by Gasteiger charge is -2.14. The highest BCUT2D eigenvalue weighted by Crippen LogP contribution is 2.36. The molecule has 1 nitrogen and oxygen atoms in total. The van der Waals surface area contributed by atoms with Crippen LogP contribution in [0.15, 0.2) is 47.1 Å². The third kappa shape index (κ3) is 1.14. The fourth-order valence-electron chi connectivity index (χ4n) is 2.87. The first kappa shape index (κ1) is 9.06. The molecule has 0 radical (unpaired) electrons. The summed E-state index contributed by atoms with van der Waals surface area (Å²) in [5, 5.41) is 3.91. The number of benzene rings is 2. The average molecular weight is 220 g/mol. The SMILES string of the molecule is C1=Cc2c(c3ccccc3c3ccoc23)CC1. The summed E-state index contributed by atoms with van der Waals surface area (Å²) in [6.45, 7) is 0. The van der Waals surface area contributed by atoms with Crippen LogP contribution in [0.4, 0.5) is 0 Å². The van der Waals surface area contributed by atoms with Gasteiger partial charge in [0.2, 0.25) is 0 Å². The fraction of sp³-hybridized carbons (Fsp3) is 0.125. The molecule has 0 spiro atoms. The van der Waals surface area contributed by atoms with Crippen molar-refractivity contribution in [3.8, 4) is 0 Å². The van der Waals surface area contributed by atoms with Crippen LogP contribution < -0.4 is 0 Å². The van der Waals surface area contributed by atoms with Crippen molar-refractivity contribution in [1.82, 2.24) is 0 Å². The van der Waals surface area contributed by atoms with E-state index in [2.05, 4.69) is 42.5 Å². The monoisotopic (exact) mass is 220 g/mol. The van der Waals surface area contributed by atoms with Crippen molar-refractivity contribution in [2.75, 3.05) is 0 Å². The highest BCUT2D eigenvalue weighted by atomic mass is 16.3. The molecule has 0 unspecified atom stereocenters. The molecule has 3 aromatic rings. The molecular formula is C16H12O. The molecule has 2 aromatic carbocycles. The van der Waals surface area contributed by atoms with Crippen LogP contribution in [-0.2, 0) is 6.42 Å². The molecule has 0 atom stereocenters. The van der Waals surface area contributed by atoms with E-state index < -0.39 is 0 Å². The van der Waals surface area contributed by atoms with Crippen molar-refractivity contribution in [3.05, 3.63) is 53.8 Å². The minimum Gasteiger partial charge on any atom is -0.464 e. The molecule has 1 aliphatic carbocycles. The van der Waals surface area contributed by atoms with Crippen molar-refractivity contribution < 1.29 is 4.42 Å². The molecule has 17 heavy (non-hydrogen) atoms. The number of allylic oxidation sites excluding steroid dienone is 1. The maximum atomic E-state index is 5.67. The van der Waals surface area contributed by atoms with Crippen LogP contribution in [0.1, 0.15) is 17.5 Å². The second-order valence-electron chi connectivity index (χ2n) is 4.54. The van der Waals surface area contributed by atoms with Crippen LogP contribution in [0.2, 0.25) is 0 Å². The van der Waals surface area contributed by atoms with E-state index in [4.69, 9.17) is 4.42 Å². The molecule has 0 N–H and O–H groups in total. The van der Waals surface area contributed by atoms with E-state index in [0.717, 1.165) is 18.4 Å². The molecule has 1 aromatic heterocycles. The van der Waals surface area contributed by atoms with Gasteiger partial charge in [-0.3, -0.25) is 0 Å². The standard InChI is InChI=1S/C16H12O/c1-2-7-13-11(5-1)12-6-3-4-8-14(12)16-15(13)9-10-17-16/h1-2,4-5,7-10H,3,6H2. The van der Waals surface area contributed by atoms with Crippen LogP contribution >= 0.6 is 0 Å². The smallest absolute Gasteiger partial charge is 0.141 e. The van der Waals surface area contributed by atoms with Gasteiger partial charge in [0.1, 0.15) is 5.58 Å². The summed E-state index contributed by atoms with van der Waals surface area (Å²) in [6, 6.07) is 10.7. The van der Waals surface area contributed by atoms with E-state index in [1.807, 2.05) is 0 Å². The first-order valence-corrected chi connectivity index (χ1v) is 6.02. The Bertz CT molecular complexity index is 747. The van der Waals surface area contributed by atoms with E-state index in [0.29, 0.717) is 0 Å². The van der Waals surface area contributed by atoms with Gasteiger partial charge in [-0.15, -0.1) is 0 Å². The molecule has 1 heterocycles. The Hall–Kier alpha value is -2.02. The van der Waals surface area contributed by atoms with Crippen molar-refractivity contribution in [3.63, 3.8) is 0 Å². The van der Waals surface area contributed by atoms with Gasteiger partial charge in [0.25, 0.3) is 0 Å².